The first kappa shape index (κ1) is 27.0. The van der Waals surface area contributed by atoms with Gasteiger partial charge in [0, 0.05) is 12.1 Å². The lowest BCUT2D eigenvalue weighted by Crippen LogP contribution is -2.43. The molecule has 4 atom stereocenters. The molecule has 164 valence electrons. The predicted octanol–water partition coefficient (Wildman–Crippen LogP) is 8.91. The van der Waals surface area contributed by atoms with Gasteiger partial charge in [0.05, 0.1) is 0 Å². The Morgan fingerprint density at radius 1 is 0.481 bits per heavy atom. The Morgan fingerprint density at radius 2 is 0.815 bits per heavy atom. The van der Waals surface area contributed by atoms with Gasteiger partial charge in [-0.05, 0) is 38.5 Å². The van der Waals surface area contributed by atoms with Crippen molar-refractivity contribution < 1.29 is 0 Å². The zero-order valence-electron chi connectivity index (χ0n) is 20.1. The lowest BCUT2D eigenvalue weighted by molar-refractivity contribution is 0.257. The van der Waals surface area contributed by atoms with E-state index in [-0.39, 0.29) is 0 Å². The van der Waals surface area contributed by atoms with Crippen LogP contribution in [0.15, 0.2) is 0 Å². The summed E-state index contributed by atoms with van der Waals surface area (Å²) in [6.07, 6.45) is 22.5. The van der Waals surface area contributed by atoms with Crippen molar-refractivity contribution in [1.82, 2.24) is 5.32 Å². The molecule has 0 saturated carbocycles. The van der Waals surface area contributed by atoms with E-state index in [1.54, 1.807) is 0 Å². The van der Waals surface area contributed by atoms with Crippen molar-refractivity contribution in [3.05, 3.63) is 0 Å². The van der Waals surface area contributed by atoms with Crippen LogP contribution in [-0.2, 0) is 0 Å². The van der Waals surface area contributed by atoms with Crippen LogP contribution >= 0.6 is 0 Å². The lowest BCUT2D eigenvalue weighted by atomic mass is 9.88. The van der Waals surface area contributed by atoms with Crippen molar-refractivity contribution in [3.8, 4) is 0 Å². The maximum absolute atomic E-state index is 4.00. The molecular weight excluding hydrogens is 326 g/mol. The van der Waals surface area contributed by atoms with Gasteiger partial charge < -0.3 is 5.32 Å². The summed E-state index contributed by atoms with van der Waals surface area (Å²) in [7, 11) is 0. The normalized spacial score (nSPS) is 16.2. The molecule has 0 aromatic heterocycles. The van der Waals surface area contributed by atoms with Gasteiger partial charge >= 0.3 is 0 Å². The van der Waals surface area contributed by atoms with E-state index in [1.165, 1.54) is 103 Å². The highest BCUT2D eigenvalue weighted by molar-refractivity contribution is 4.79. The first-order chi connectivity index (χ1) is 13.1. The first-order valence-corrected chi connectivity index (χ1v) is 12.9. The van der Waals surface area contributed by atoms with Crippen molar-refractivity contribution in [1.29, 1.82) is 0 Å². The Bertz CT molecular complexity index is 260. The van der Waals surface area contributed by atoms with Crippen LogP contribution in [0.4, 0.5) is 0 Å². The third kappa shape index (κ3) is 14.6. The average Bonchev–Trinajstić information content (AvgIpc) is 2.66. The van der Waals surface area contributed by atoms with Gasteiger partial charge in [0.25, 0.3) is 0 Å². The summed E-state index contributed by atoms with van der Waals surface area (Å²) in [5.74, 6) is 1.70. The molecule has 27 heavy (non-hydrogen) atoms. The highest BCUT2D eigenvalue weighted by atomic mass is 14.9. The highest BCUT2D eigenvalue weighted by Crippen LogP contribution is 2.23. The maximum Gasteiger partial charge on any atom is 0.00694 e. The quantitative estimate of drug-likeness (QED) is 0.207. The molecule has 1 nitrogen and oxygen atoms in total. The van der Waals surface area contributed by atoms with E-state index in [1.807, 2.05) is 0 Å². The Hall–Kier alpha value is -0.0400. The van der Waals surface area contributed by atoms with Gasteiger partial charge in [-0.3, -0.25) is 0 Å². The molecule has 0 heterocycles. The van der Waals surface area contributed by atoms with E-state index in [0.717, 1.165) is 11.8 Å². The third-order valence-electron chi connectivity index (χ3n) is 6.85. The van der Waals surface area contributed by atoms with Gasteiger partial charge in [-0.15, -0.1) is 0 Å². The van der Waals surface area contributed by atoms with Gasteiger partial charge in [-0.2, -0.15) is 0 Å². The molecule has 0 aromatic carbocycles. The minimum Gasteiger partial charge on any atom is -0.311 e. The van der Waals surface area contributed by atoms with Crippen LogP contribution < -0.4 is 5.32 Å². The number of unbranched alkanes of at least 4 members (excludes halogenated alkanes) is 10. The Balaban J connectivity index is 4.06. The third-order valence-corrected chi connectivity index (χ3v) is 6.85. The van der Waals surface area contributed by atoms with Crippen molar-refractivity contribution in [2.24, 2.45) is 11.8 Å². The molecule has 0 aliphatic carbocycles. The van der Waals surface area contributed by atoms with E-state index < -0.39 is 0 Å². The summed E-state index contributed by atoms with van der Waals surface area (Å²) < 4.78 is 0. The molecule has 0 aliphatic rings. The molecular formula is C26H55N. The molecule has 0 radical (unpaired) electrons. The summed E-state index contributed by atoms with van der Waals surface area (Å²) in [5, 5.41) is 4.00. The van der Waals surface area contributed by atoms with Crippen molar-refractivity contribution in [2.75, 3.05) is 0 Å². The molecule has 0 bridgehead atoms. The minimum absolute atomic E-state index is 0.666. The van der Waals surface area contributed by atoms with Gasteiger partial charge in [-0.25, -0.2) is 0 Å². The van der Waals surface area contributed by atoms with Gasteiger partial charge in [-0.1, -0.05) is 118 Å². The van der Waals surface area contributed by atoms with Crippen LogP contribution in [0, 0.1) is 11.8 Å². The largest absolute Gasteiger partial charge is 0.311 e. The smallest absolute Gasteiger partial charge is 0.00694 e. The summed E-state index contributed by atoms with van der Waals surface area (Å²) in [5.41, 5.74) is 0. The van der Waals surface area contributed by atoms with Crippen LogP contribution in [0.1, 0.15) is 144 Å². The molecule has 1 heteroatoms. The zero-order chi connectivity index (χ0) is 20.3. The topological polar surface area (TPSA) is 12.0 Å². The molecule has 0 saturated heterocycles. The molecule has 4 unspecified atom stereocenters. The monoisotopic (exact) mass is 381 g/mol. The van der Waals surface area contributed by atoms with Crippen LogP contribution in [0.5, 0.6) is 0 Å². The van der Waals surface area contributed by atoms with Gasteiger partial charge in [0.15, 0.2) is 0 Å². The summed E-state index contributed by atoms with van der Waals surface area (Å²) in [6, 6.07) is 1.33. The first-order valence-electron chi connectivity index (χ1n) is 12.9. The molecule has 0 amide bonds. The van der Waals surface area contributed by atoms with Crippen molar-refractivity contribution in [3.63, 3.8) is 0 Å². The zero-order valence-corrected chi connectivity index (χ0v) is 20.1. The number of nitrogens with one attached hydrogen (secondary N) is 1. The van der Waals surface area contributed by atoms with E-state index in [2.05, 4.69) is 46.9 Å². The van der Waals surface area contributed by atoms with Gasteiger partial charge in [0.2, 0.25) is 0 Å². The SMILES string of the molecule is CCCCCCCCC(CC)C(C)NC(C)C(CC)CCCCCCCC. The summed E-state index contributed by atoms with van der Waals surface area (Å²) in [4.78, 5) is 0. The number of rotatable bonds is 20. The van der Waals surface area contributed by atoms with E-state index in [4.69, 9.17) is 0 Å². The molecule has 0 aliphatic heterocycles. The van der Waals surface area contributed by atoms with Crippen LogP contribution in [0.25, 0.3) is 0 Å². The highest BCUT2D eigenvalue weighted by Gasteiger charge is 2.21. The van der Waals surface area contributed by atoms with E-state index in [0.29, 0.717) is 12.1 Å². The van der Waals surface area contributed by atoms with Crippen LogP contribution in [-0.4, -0.2) is 12.1 Å². The fraction of sp³-hybridized carbons (Fsp3) is 1.00. The van der Waals surface area contributed by atoms with E-state index in [9.17, 15) is 0 Å². The van der Waals surface area contributed by atoms with Crippen molar-refractivity contribution >= 4 is 0 Å². The molecule has 0 rings (SSSR count). The average molecular weight is 382 g/mol. The van der Waals surface area contributed by atoms with Gasteiger partial charge in [0.1, 0.15) is 0 Å². The second-order valence-corrected chi connectivity index (χ2v) is 9.19. The second-order valence-electron chi connectivity index (χ2n) is 9.19. The predicted molar refractivity (Wildman–Crippen MR) is 126 cm³/mol. The minimum atomic E-state index is 0.666. The fourth-order valence-electron chi connectivity index (χ4n) is 4.68. The Morgan fingerprint density at radius 3 is 1.15 bits per heavy atom. The molecule has 1 N–H and O–H groups in total. The fourth-order valence-corrected chi connectivity index (χ4v) is 4.68. The Labute approximate surface area is 173 Å². The molecule has 0 aromatic rings. The standard InChI is InChI=1S/C26H55N/c1-7-11-13-15-17-19-21-25(9-3)23(5)27-24(6)26(10-4)22-20-18-16-14-12-8-2/h23-27H,7-22H2,1-6H3. The van der Waals surface area contributed by atoms with Crippen LogP contribution in [0.2, 0.25) is 0 Å². The van der Waals surface area contributed by atoms with Crippen molar-refractivity contribution in [2.45, 2.75) is 156 Å². The van der Waals surface area contributed by atoms with E-state index >= 15 is 0 Å². The number of hydrogen-bond acceptors (Lipinski definition) is 1. The van der Waals surface area contributed by atoms with Crippen LogP contribution in [0.3, 0.4) is 0 Å². The second kappa shape index (κ2) is 19.3. The summed E-state index contributed by atoms with van der Waals surface area (Å²) >= 11 is 0. The lowest BCUT2D eigenvalue weighted by Gasteiger charge is -2.31. The molecule has 0 fully saturated rings. The Kier molecular flexibility index (Phi) is 19.3. The maximum atomic E-state index is 4.00. The number of hydrogen-bond donors (Lipinski definition) is 1. The summed E-state index contributed by atoms with van der Waals surface area (Å²) in [6.45, 7) is 14.3. The molecule has 0 spiro atoms.